The number of aromatic carboxylic acids is 1. The van der Waals surface area contributed by atoms with E-state index < -0.39 is 30.8 Å². The molecule has 1 aromatic heterocycles. The van der Waals surface area contributed by atoms with Crippen molar-refractivity contribution < 1.29 is 23.1 Å². The van der Waals surface area contributed by atoms with Gasteiger partial charge in [-0.15, -0.1) is 10.2 Å². The molecule has 0 radical (unpaired) electrons. The van der Waals surface area contributed by atoms with Crippen molar-refractivity contribution >= 4 is 22.6 Å². The Balaban J connectivity index is 2.37. The first kappa shape index (κ1) is 14.0. The van der Waals surface area contributed by atoms with E-state index in [0.29, 0.717) is 10.9 Å². The number of carboxylic acid groups (broad SMARTS) is 1. The van der Waals surface area contributed by atoms with Crippen LogP contribution in [0.3, 0.4) is 0 Å². The molecule has 106 valence electrons. The van der Waals surface area contributed by atoms with Gasteiger partial charge in [0.25, 0.3) is 0 Å². The molecule has 0 atom stereocenters. The lowest BCUT2D eigenvalue weighted by Crippen LogP contribution is -2.17. The standard InChI is InChI=1S/C12H10F3N3O2/c13-12(14,15)5-6-16-9-7-3-1-2-4-8(7)17-18-10(9)11(19)20/h1-4H,5-6H2,(H,16,17)(H,19,20). The van der Waals surface area contributed by atoms with Crippen molar-refractivity contribution in [2.75, 3.05) is 11.9 Å². The van der Waals surface area contributed by atoms with Crippen molar-refractivity contribution in [3.63, 3.8) is 0 Å². The summed E-state index contributed by atoms with van der Waals surface area (Å²) < 4.78 is 36.4. The number of rotatable bonds is 4. The molecule has 0 saturated heterocycles. The molecule has 8 heteroatoms. The first-order valence-corrected chi connectivity index (χ1v) is 5.68. The molecule has 0 amide bonds. The highest BCUT2D eigenvalue weighted by Gasteiger charge is 2.27. The fraction of sp³-hybridized carbons (Fsp3) is 0.250. The second-order valence-corrected chi connectivity index (χ2v) is 4.04. The van der Waals surface area contributed by atoms with E-state index in [9.17, 15) is 18.0 Å². The molecule has 20 heavy (non-hydrogen) atoms. The Morgan fingerprint density at radius 2 is 1.95 bits per heavy atom. The lowest BCUT2D eigenvalue weighted by molar-refractivity contribution is -0.131. The highest BCUT2D eigenvalue weighted by molar-refractivity contribution is 6.02. The van der Waals surface area contributed by atoms with Gasteiger partial charge in [-0.2, -0.15) is 13.2 Å². The lowest BCUT2D eigenvalue weighted by Gasteiger charge is -2.12. The second-order valence-electron chi connectivity index (χ2n) is 4.04. The molecule has 5 nitrogen and oxygen atoms in total. The first-order valence-electron chi connectivity index (χ1n) is 5.68. The van der Waals surface area contributed by atoms with Crippen LogP contribution in [0.15, 0.2) is 24.3 Å². The van der Waals surface area contributed by atoms with Crippen LogP contribution in [0.25, 0.3) is 10.9 Å². The molecule has 1 aromatic carbocycles. The van der Waals surface area contributed by atoms with E-state index in [0.717, 1.165) is 0 Å². The number of benzene rings is 1. The summed E-state index contributed by atoms with van der Waals surface area (Å²) in [5.41, 5.74) is 0.0604. The van der Waals surface area contributed by atoms with Crippen molar-refractivity contribution in [3.8, 4) is 0 Å². The number of carbonyl (C=O) groups is 1. The van der Waals surface area contributed by atoms with E-state index in [2.05, 4.69) is 15.5 Å². The van der Waals surface area contributed by atoms with Gasteiger partial charge in [0.15, 0.2) is 5.69 Å². The average molecular weight is 285 g/mol. The monoisotopic (exact) mass is 285 g/mol. The van der Waals surface area contributed by atoms with E-state index in [4.69, 9.17) is 5.11 Å². The largest absolute Gasteiger partial charge is 0.476 e. The van der Waals surface area contributed by atoms with Gasteiger partial charge in [0.1, 0.15) is 0 Å². The van der Waals surface area contributed by atoms with Crippen LogP contribution in [0, 0.1) is 0 Å². The number of nitrogens with zero attached hydrogens (tertiary/aromatic N) is 2. The quantitative estimate of drug-likeness (QED) is 0.903. The van der Waals surface area contributed by atoms with Gasteiger partial charge in [-0.05, 0) is 6.07 Å². The Morgan fingerprint density at radius 3 is 2.60 bits per heavy atom. The number of nitrogens with one attached hydrogen (secondary N) is 1. The van der Waals surface area contributed by atoms with Gasteiger partial charge in [-0.25, -0.2) is 4.79 Å². The van der Waals surface area contributed by atoms with Crippen LogP contribution >= 0.6 is 0 Å². The molecule has 2 rings (SSSR count). The highest BCUT2D eigenvalue weighted by Crippen LogP contribution is 2.25. The number of hydrogen-bond acceptors (Lipinski definition) is 4. The normalized spacial score (nSPS) is 11.6. The Labute approximate surface area is 111 Å². The van der Waals surface area contributed by atoms with Gasteiger partial charge in [-0.3, -0.25) is 0 Å². The van der Waals surface area contributed by atoms with Crippen LogP contribution in [0.2, 0.25) is 0 Å². The van der Waals surface area contributed by atoms with Crippen molar-refractivity contribution in [3.05, 3.63) is 30.0 Å². The van der Waals surface area contributed by atoms with Crippen LogP contribution < -0.4 is 5.32 Å². The molecule has 0 aliphatic rings. The topological polar surface area (TPSA) is 75.1 Å². The van der Waals surface area contributed by atoms with E-state index in [-0.39, 0.29) is 5.69 Å². The Hall–Kier alpha value is -2.38. The Kier molecular flexibility index (Phi) is 3.73. The van der Waals surface area contributed by atoms with E-state index in [1.165, 1.54) is 0 Å². The van der Waals surface area contributed by atoms with Gasteiger partial charge >= 0.3 is 12.1 Å². The van der Waals surface area contributed by atoms with Gasteiger partial charge in [0, 0.05) is 11.9 Å². The van der Waals surface area contributed by atoms with Gasteiger partial charge in [0.2, 0.25) is 0 Å². The van der Waals surface area contributed by atoms with Gasteiger partial charge < -0.3 is 10.4 Å². The van der Waals surface area contributed by atoms with Gasteiger partial charge in [-0.1, -0.05) is 18.2 Å². The zero-order chi connectivity index (χ0) is 14.8. The van der Waals surface area contributed by atoms with Crippen LogP contribution in [-0.4, -0.2) is 34.0 Å². The van der Waals surface area contributed by atoms with Crippen molar-refractivity contribution in [1.29, 1.82) is 0 Å². The molecule has 0 spiro atoms. The fourth-order valence-corrected chi connectivity index (χ4v) is 1.71. The zero-order valence-electron chi connectivity index (χ0n) is 10.1. The van der Waals surface area contributed by atoms with Crippen LogP contribution in [0.4, 0.5) is 18.9 Å². The number of anilines is 1. The molecule has 0 saturated carbocycles. The minimum Gasteiger partial charge on any atom is -0.476 e. The Bertz CT molecular complexity index is 643. The summed E-state index contributed by atoms with van der Waals surface area (Å²) in [6.45, 7) is -0.431. The predicted molar refractivity (Wildman–Crippen MR) is 65.7 cm³/mol. The van der Waals surface area contributed by atoms with Crippen LogP contribution in [-0.2, 0) is 0 Å². The molecular weight excluding hydrogens is 275 g/mol. The van der Waals surface area contributed by atoms with E-state index in [1.54, 1.807) is 24.3 Å². The van der Waals surface area contributed by atoms with E-state index in [1.807, 2.05) is 0 Å². The maximum atomic E-state index is 12.1. The smallest absolute Gasteiger partial charge is 0.390 e. The summed E-state index contributed by atoms with van der Waals surface area (Å²) in [6, 6.07) is 6.50. The first-order chi connectivity index (χ1) is 9.38. The van der Waals surface area contributed by atoms with Crippen molar-refractivity contribution in [2.45, 2.75) is 12.6 Å². The molecule has 0 bridgehead atoms. The maximum absolute atomic E-state index is 12.1. The average Bonchev–Trinajstić information content (AvgIpc) is 2.37. The molecule has 1 heterocycles. The summed E-state index contributed by atoms with van der Waals surface area (Å²) in [5.74, 6) is -1.35. The third-order valence-corrected chi connectivity index (χ3v) is 2.58. The molecule has 2 aromatic rings. The third kappa shape index (κ3) is 3.14. The lowest BCUT2D eigenvalue weighted by atomic mass is 10.1. The van der Waals surface area contributed by atoms with Crippen molar-refractivity contribution in [1.82, 2.24) is 10.2 Å². The number of fused-ring (bicyclic) bond motifs is 1. The second kappa shape index (κ2) is 5.32. The zero-order valence-corrected chi connectivity index (χ0v) is 10.1. The molecular formula is C12H10F3N3O2. The number of aromatic nitrogens is 2. The predicted octanol–water partition coefficient (Wildman–Crippen LogP) is 2.69. The molecule has 2 N–H and O–H groups in total. The summed E-state index contributed by atoms with van der Waals surface area (Å²) >= 11 is 0. The summed E-state index contributed by atoms with van der Waals surface area (Å²) in [5, 5.41) is 19.2. The number of halogens is 3. The number of hydrogen-bond donors (Lipinski definition) is 2. The number of alkyl halides is 3. The maximum Gasteiger partial charge on any atom is 0.390 e. The van der Waals surface area contributed by atoms with Crippen molar-refractivity contribution in [2.24, 2.45) is 0 Å². The minimum absolute atomic E-state index is 0.0485. The fourth-order valence-electron chi connectivity index (χ4n) is 1.71. The van der Waals surface area contributed by atoms with E-state index >= 15 is 0 Å². The summed E-state index contributed by atoms with van der Waals surface area (Å²) in [4.78, 5) is 11.1. The SMILES string of the molecule is O=C(O)c1nnc2ccccc2c1NCCC(F)(F)F. The van der Waals surface area contributed by atoms with Crippen LogP contribution in [0.1, 0.15) is 16.9 Å². The summed E-state index contributed by atoms with van der Waals surface area (Å²) in [6.07, 6.45) is -5.38. The molecule has 0 aliphatic heterocycles. The molecule has 0 aliphatic carbocycles. The third-order valence-electron chi connectivity index (χ3n) is 2.58. The number of carboxylic acids is 1. The Morgan fingerprint density at radius 1 is 1.25 bits per heavy atom. The minimum atomic E-state index is -4.31. The highest BCUT2D eigenvalue weighted by atomic mass is 19.4. The summed E-state index contributed by atoms with van der Waals surface area (Å²) in [7, 11) is 0. The van der Waals surface area contributed by atoms with Crippen LogP contribution in [0.5, 0.6) is 0 Å². The molecule has 0 fully saturated rings. The van der Waals surface area contributed by atoms with Gasteiger partial charge in [0.05, 0.1) is 17.6 Å². The molecule has 0 unspecified atom stereocenters.